The third kappa shape index (κ3) is 6.17. The van der Waals surface area contributed by atoms with Gasteiger partial charge in [-0.2, -0.15) is 0 Å². The predicted molar refractivity (Wildman–Crippen MR) is 106 cm³/mol. The Hall–Kier alpha value is -1.66. The number of allylic oxidation sites excluding steroid dienone is 2. The van der Waals surface area contributed by atoms with Crippen molar-refractivity contribution in [3.05, 3.63) is 36.4 Å². The molecule has 7 nitrogen and oxygen atoms in total. The first-order chi connectivity index (χ1) is 13.4. The summed E-state index contributed by atoms with van der Waals surface area (Å²) in [7, 11) is -4.35. The summed E-state index contributed by atoms with van der Waals surface area (Å²) in [6.45, 7) is 1.81. The molecule has 154 valence electrons. The van der Waals surface area contributed by atoms with Crippen molar-refractivity contribution >= 4 is 18.8 Å². The van der Waals surface area contributed by atoms with E-state index in [0.717, 1.165) is 38.7 Å². The van der Waals surface area contributed by atoms with Crippen LogP contribution in [0.4, 0.5) is 0 Å². The molecule has 0 aromatic heterocycles. The standard InChI is InChI=1S/C20H28NO6P/c22-20(15-27-17-8-4-10-19(12-17)28(23,24)25)21(14-18-9-5-11-26-18)13-16-6-2-1-3-7-16/h1-2,4,8,10,12,16,18H,3,5-7,9,11,13-15H2,(H2,23,24,25). The lowest BCUT2D eigenvalue weighted by molar-refractivity contribution is -0.135. The first-order valence-electron chi connectivity index (χ1n) is 9.75. The Bertz CT molecular complexity index is 740. The van der Waals surface area contributed by atoms with Gasteiger partial charge in [-0.15, -0.1) is 0 Å². The molecule has 1 aromatic carbocycles. The maximum atomic E-state index is 12.8. The maximum absolute atomic E-state index is 12.8. The van der Waals surface area contributed by atoms with Crippen molar-refractivity contribution in [2.75, 3.05) is 26.3 Å². The monoisotopic (exact) mass is 409 g/mol. The minimum Gasteiger partial charge on any atom is -0.484 e. The van der Waals surface area contributed by atoms with Crippen LogP contribution in [0.25, 0.3) is 0 Å². The largest absolute Gasteiger partial charge is 0.484 e. The van der Waals surface area contributed by atoms with Crippen molar-refractivity contribution in [3.8, 4) is 5.75 Å². The third-order valence-electron chi connectivity index (χ3n) is 5.17. The van der Waals surface area contributed by atoms with Gasteiger partial charge in [0.05, 0.1) is 11.4 Å². The van der Waals surface area contributed by atoms with E-state index in [0.29, 0.717) is 19.0 Å². The zero-order chi connectivity index (χ0) is 20.0. The number of amides is 1. The van der Waals surface area contributed by atoms with Crippen LogP contribution in [0, 0.1) is 5.92 Å². The number of carbonyl (C=O) groups excluding carboxylic acids is 1. The Kier molecular flexibility index (Phi) is 7.30. The van der Waals surface area contributed by atoms with E-state index in [-0.39, 0.29) is 29.7 Å². The van der Waals surface area contributed by atoms with Crippen molar-refractivity contribution in [3.63, 3.8) is 0 Å². The van der Waals surface area contributed by atoms with Gasteiger partial charge < -0.3 is 24.2 Å². The Balaban J connectivity index is 1.61. The smallest absolute Gasteiger partial charge is 0.356 e. The number of benzene rings is 1. The van der Waals surface area contributed by atoms with Gasteiger partial charge in [0, 0.05) is 19.7 Å². The number of ether oxygens (including phenoxy) is 2. The summed E-state index contributed by atoms with van der Waals surface area (Å²) in [5.41, 5.74) is 0. The number of hydrogen-bond acceptors (Lipinski definition) is 4. The van der Waals surface area contributed by atoms with Gasteiger partial charge >= 0.3 is 7.60 Å². The SMILES string of the molecule is O=C(COc1cccc(P(=O)(O)O)c1)N(CC1CC=CCC1)CC1CCCO1. The highest BCUT2D eigenvalue weighted by Crippen LogP contribution is 2.34. The second kappa shape index (κ2) is 9.70. The molecular formula is C20H28NO6P. The molecule has 1 heterocycles. The second-order valence-electron chi connectivity index (χ2n) is 7.41. The van der Waals surface area contributed by atoms with E-state index in [2.05, 4.69) is 12.2 Å². The molecule has 8 heteroatoms. The van der Waals surface area contributed by atoms with E-state index < -0.39 is 7.60 Å². The van der Waals surface area contributed by atoms with Crippen molar-refractivity contribution in [1.29, 1.82) is 0 Å². The van der Waals surface area contributed by atoms with Gasteiger partial charge in [0.25, 0.3) is 5.91 Å². The van der Waals surface area contributed by atoms with Crippen LogP contribution in [0.3, 0.4) is 0 Å². The van der Waals surface area contributed by atoms with Crippen molar-refractivity contribution in [1.82, 2.24) is 4.90 Å². The Morgan fingerprint density at radius 1 is 1.25 bits per heavy atom. The van der Waals surface area contributed by atoms with E-state index in [1.165, 1.54) is 18.2 Å². The fraction of sp³-hybridized carbons (Fsp3) is 0.550. The quantitative estimate of drug-likeness (QED) is 0.505. The van der Waals surface area contributed by atoms with Crippen LogP contribution < -0.4 is 10.0 Å². The number of carbonyl (C=O) groups is 1. The van der Waals surface area contributed by atoms with Crippen LogP contribution in [-0.2, 0) is 14.1 Å². The van der Waals surface area contributed by atoms with E-state index in [4.69, 9.17) is 9.47 Å². The summed E-state index contributed by atoms with van der Waals surface area (Å²) in [5, 5.41) is -0.123. The molecule has 1 fully saturated rings. The van der Waals surface area contributed by atoms with E-state index in [1.807, 2.05) is 4.90 Å². The first-order valence-corrected chi connectivity index (χ1v) is 11.4. The number of nitrogens with zero attached hydrogens (tertiary/aromatic N) is 1. The fourth-order valence-electron chi connectivity index (χ4n) is 3.64. The molecule has 2 N–H and O–H groups in total. The van der Waals surface area contributed by atoms with Gasteiger partial charge in [0.2, 0.25) is 0 Å². The van der Waals surface area contributed by atoms with Gasteiger partial charge in [0.15, 0.2) is 6.61 Å². The fourth-order valence-corrected chi connectivity index (χ4v) is 4.21. The summed E-state index contributed by atoms with van der Waals surface area (Å²) < 4.78 is 22.6. The topological polar surface area (TPSA) is 96.3 Å². The predicted octanol–water partition coefficient (Wildman–Crippen LogP) is 2.23. The Labute approximate surface area is 165 Å². The summed E-state index contributed by atoms with van der Waals surface area (Å²) >= 11 is 0. The number of hydrogen-bond donors (Lipinski definition) is 2. The average molecular weight is 409 g/mol. The van der Waals surface area contributed by atoms with Crippen molar-refractivity contribution in [2.45, 2.75) is 38.2 Å². The molecule has 2 unspecified atom stereocenters. The number of rotatable bonds is 8. The van der Waals surface area contributed by atoms with Crippen molar-refractivity contribution < 1.29 is 28.6 Å². The lowest BCUT2D eigenvalue weighted by Gasteiger charge is -2.30. The molecule has 1 amide bonds. The molecule has 0 saturated carbocycles. The molecule has 0 radical (unpaired) electrons. The van der Waals surface area contributed by atoms with Gasteiger partial charge in [-0.25, -0.2) is 0 Å². The third-order valence-corrected chi connectivity index (χ3v) is 6.12. The molecular weight excluding hydrogens is 381 g/mol. The molecule has 2 aliphatic rings. The first kappa shape index (κ1) is 21.1. The van der Waals surface area contributed by atoms with Crippen molar-refractivity contribution in [2.24, 2.45) is 5.92 Å². The Morgan fingerprint density at radius 2 is 2.11 bits per heavy atom. The molecule has 0 spiro atoms. The highest BCUT2D eigenvalue weighted by molar-refractivity contribution is 7.60. The maximum Gasteiger partial charge on any atom is 0.356 e. The summed E-state index contributed by atoms with van der Waals surface area (Å²) in [4.78, 5) is 33.2. The van der Waals surface area contributed by atoms with Crippen LogP contribution in [0.1, 0.15) is 32.1 Å². The summed E-state index contributed by atoms with van der Waals surface area (Å²) in [5.74, 6) is 0.576. The van der Waals surface area contributed by atoms with Gasteiger partial charge in [-0.3, -0.25) is 9.36 Å². The molecule has 1 aliphatic heterocycles. The normalized spacial score (nSPS) is 22.2. The van der Waals surface area contributed by atoms with Crippen LogP contribution in [0.5, 0.6) is 5.75 Å². The Morgan fingerprint density at radius 3 is 2.79 bits per heavy atom. The van der Waals surface area contributed by atoms with Gasteiger partial charge in [-0.1, -0.05) is 18.2 Å². The minimum absolute atomic E-state index is 0.0704. The zero-order valence-electron chi connectivity index (χ0n) is 15.9. The highest BCUT2D eigenvalue weighted by atomic mass is 31.2. The van der Waals surface area contributed by atoms with Crippen LogP contribution in [0.2, 0.25) is 0 Å². The van der Waals surface area contributed by atoms with E-state index in [1.54, 1.807) is 6.07 Å². The molecule has 2 atom stereocenters. The molecule has 1 aliphatic carbocycles. The zero-order valence-corrected chi connectivity index (χ0v) is 16.8. The molecule has 3 rings (SSSR count). The van der Waals surface area contributed by atoms with Crippen LogP contribution in [-0.4, -0.2) is 53.0 Å². The lowest BCUT2D eigenvalue weighted by Crippen LogP contribution is -2.43. The molecule has 1 saturated heterocycles. The average Bonchev–Trinajstić information content (AvgIpc) is 3.19. The minimum atomic E-state index is -4.35. The second-order valence-corrected chi connectivity index (χ2v) is 9.02. The van der Waals surface area contributed by atoms with Crippen LogP contribution >= 0.6 is 7.60 Å². The summed E-state index contributed by atoms with van der Waals surface area (Å²) in [6, 6.07) is 5.72. The summed E-state index contributed by atoms with van der Waals surface area (Å²) in [6.07, 6.45) is 9.48. The lowest BCUT2D eigenvalue weighted by atomic mass is 9.94. The molecule has 0 bridgehead atoms. The van der Waals surface area contributed by atoms with Gasteiger partial charge in [0.1, 0.15) is 5.75 Å². The van der Waals surface area contributed by atoms with E-state index in [9.17, 15) is 19.1 Å². The van der Waals surface area contributed by atoms with E-state index >= 15 is 0 Å². The van der Waals surface area contributed by atoms with Crippen LogP contribution in [0.15, 0.2) is 36.4 Å². The highest BCUT2D eigenvalue weighted by Gasteiger charge is 2.25. The van der Waals surface area contributed by atoms with Gasteiger partial charge in [-0.05, 0) is 56.2 Å². The molecule has 28 heavy (non-hydrogen) atoms. The molecule has 1 aromatic rings.